The Kier molecular flexibility index (Phi) is 11.0. The highest BCUT2D eigenvalue weighted by molar-refractivity contribution is 6.38. The zero-order chi connectivity index (χ0) is 34.6. The van der Waals surface area contributed by atoms with E-state index in [2.05, 4.69) is 21.4 Å². The van der Waals surface area contributed by atoms with E-state index >= 15 is 0 Å². The molecule has 4 aliphatic rings. The first-order valence-electron chi connectivity index (χ1n) is 16.7. The fourth-order valence-corrected chi connectivity index (χ4v) is 6.40. The number of hydrogen-bond acceptors (Lipinski definition) is 9. The first-order valence-corrected chi connectivity index (χ1v) is 17.1. The second-order valence-electron chi connectivity index (χ2n) is 14.2. The summed E-state index contributed by atoms with van der Waals surface area (Å²) < 4.78 is 11.0. The van der Waals surface area contributed by atoms with E-state index in [4.69, 9.17) is 25.9 Å². The molecule has 13 nitrogen and oxygen atoms in total. The normalized spacial score (nSPS) is 25.0. The van der Waals surface area contributed by atoms with Gasteiger partial charge in [-0.25, -0.2) is 4.79 Å². The van der Waals surface area contributed by atoms with Crippen molar-refractivity contribution in [2.45, 2.75) is 109 Å². The van der Waals surface area contributed by atoms with Crippen LogP contribution in [0.4, 0.5) is 4.79 Å². The average molecular weight is 688 g/mol. The molecule has 1 aromatic rings. The van der Waals surface area contributed by atoms with E-state index in [9.17, 15) is 24.0 Å². The molecule has 3 aliphatic heterocycles. The Balaban J connectivity index is 1.40. The Morgan fingerprint density at radius 3 is 2.56 bits per heavy atom. The predicted octanol–water partition coefficient (Wildman–Crippen LogP) is 3.01. The number of benzene rings is 1. The van der Waals surface area contributed by atoms with Gasteiger partial charge in [0.15, 0.2) is 0 Å². The molecule has 3 fully saturated rings. The van der Waals surface area contributed by atoms with Crippen LogP contribution in [0.3, 0.4) is 0 Å². The van der Waals surface area contributed by atoms with Gasteiger partial charge >= 0.3 is 6.09 Å². The summed E-state index contributed by atoms with van der Waals surface area (Å²) in [4.78, 5) is 74.8. The van der Waals surface area contributed by atoms with Gasteiger partial charge in [-0.15, -0.1) is 0 Å². The van der Waals surface area contributed by atoms with Gasteiger partial charge in [0.2, 0.25) is 17.6 Å². The highest BCUT2D eigenvalue weighted by atomic mass is 35.5. The van der Waals surface area contributed by atoms with E-state index < -0.39 is 64.8 Å². The molecule has 4 amide bonds. The number of Topliss-reactive ketones (excluding diaryl/α,β-unsaturated/α-hetero) is 1. The van der Waals surface area contributed by atoms with E-state index in [0.29, 0.717) is 30.2 Å². The van der Waals surface area contributed by atoms with Crippen molar-refractivity contribution >= 4 is 46.9 Å². The minimum absolute atomic E-state index is 0.0195. The molecule has 5 atom stereocenters. The number of ketones is 1. The number of carbonyl (C=O) groups excluding carboxylic acids is 5. The van der Waals surface area contributed by atoms with Crippen molar-refractivity contribution in [1.29, 1.82) is 0 Å². The Hall–Kier alpha value is -3.68. The van der Waals surface area contributed by atoms with Gasteiger partial charge < -0.3 is 30.3 Å². The molecule has 1 aliphatic carbocycles. The molecule has 2 saturated heterocycles. The van der Waals surface area contributed by atoms with Crippen LogP contribution in [0.25, 0.3) is 5.70 Å². The highest BCUT2D eigenvalue weighted by Gasteiger charge is 2.54. The van der Waals surface area contributed by atoms with Gasteiger partial charge in [0, 0.05) is 29.7 Å². The number of ether oxygens (including phenoxy) is 2. The summed E-state index contributed by atoms with van der Waals surface area (Å²) in [5.74, 6) is -2.58. The lowest BCUT2D eigenvalue weighted by molar-refractivity contribution is -0.144. The summed E-state index contributed by atoms with van der Waals surface area (Å²) in [5.41, 5.74) is 2.40. The van der Waals surface area contributed by atoms with Gasteiger partial charge in [0.05, 0.1) is 24.9 Å². The molecule has 5 rings (SSSR count). The third kappa shape index (κ3) is 8.66. The smallest absolute Gasteiger partial charge is 0.408 e. The summed E-state index contributed by atoms with van der Waals surface area (Å²) in [6, 6.07) is 3.90. The van der Waals surface area contributed by atoms with Crippen LogP contribution in [0.2, 0.25) is 5.02 Å². The molecule has 3 heterocycles. The molecule has 0 aromatic heterocycles. The molecule has 0 radical (unpaired) electrons. The first kappa shape index (κ1) is 35.6. The second kappa shape index (κ2) is 14.8. The quantitative estimate of drug-likeness (QED) is 0.256. The number of rotatable bonds is 11. The van der Waals surface area contributed by atoms with Crippen molar-refractivity contribution < 1.29 is 38.3 Å². The van der Waals surface area contributed by atoms with Gasteiger partial charge in [-0.1, -0.05) is 57.8 Å². The maximum absolute atomic E-state index is 14.5. The fraction of sp³-hybridized carbons (Fsp3) is 0.618. The molecular weight excluding hydrogens is 642 g/mol. The third-order valence-corrected chi connectivity index (χ3v) is 9.20. The first-order chi connectivity index (χ1) is 22.8. The molecule has 48 heavy (non-hydrogen) atoms. The van der Waals surface area contributed by atoms with Crippen molar-refractivity contribution in [1.82, 2.24) is 26.3 Å². The summed E-state index contributed by atoms with van der Waals surface area (Å²) >= 11 is 6.23. The average Bonchev–Trinajstić information content (AvgIpc) is 3.63. The summed E-state index contributed by atoms with van der Waals surface area (Å²) in [6.07, 6.45) is 4.50. The maximum Gasteiger partial charge on any atom is 0.408 e. The predicted molar refractivity (Wildman–Crippen MR) is 176 cm³/mol. The Bertz CT molecular complexity index is 1440. The number of likely N-dealkylation sites (tertiary alicyclic amines) is 1. The van der Waals surface area contributed by atoms with Crippen molar-refractivity contribution in [3.63, 3.8) is 0 Å². The number of nitrogens with zero attached hydrogens (tertiary/aromatic N) is 1. The largest absolute Gasteiger partial charge is 0.444 e. The molecular formula is C34H46ClN5O8. The topological polar surface area (TPSA) is 164 Å². The molecule has 4 N–H and O–H groups in total. The molecule has 1 saturated carbocycles. The van der Waals surface area contributed by atoms with Crippen LogP contribution in [0.15, 0.2) is 30.3 Å². The van der Waals surface area contributed by atoms with Crippen molar-refractivity contribution in [3.05, 3.63) is 40.9 Å². The van der Waals surface area contributed by atoms with Gasteiger partial charge in [0.1, 0.15) is 23.8 Å². The number of halogens is 1. The Labute approximate surface area is 285 Å². The summed E-state index contributed by atoms with van der Waals surface area (Å²) in [6.45, 7) is 8.11. The van der Waals surface area contributed by atoms with Gasteiger partial charge in [-0.2, -0.15) is 0 Å². The number of carbonyl (C=O) groups is 5. The van der Waals surface area contributed by atoms with E-state index in [1.54, 1.807) is 39.0 Å². The van der Waals surface area contributed by atoms with Crippen LogP contribution in [0.5, 0.6) is 0 Å². The molecule has 1 unspecified atom stereocenters. The minimum Gasteiger partial charge on any atom is -0.444 e. The zero-order valence-electron chi connectivity index (χ0n) is 27.9. The fourth-order valence-electron chi connectivity index (χ4n) is 6.21. The minimum atomic E-state index is -1.12. The van der Waals surface area contributed by atoms with Crippen LogP contribution < -0.4 is 21.4 Å². The zero-order valence-corrected chi connectivity index (χ0v) is 28.7. The van der Waals surface area contributed by atoms with Crippen molar-refractivity contribution in [2.24, 2.45) is 5.41 Å². The number of nitrogens with one attached hydrogen (secondary N) is 4. The molecule has 0 bridgehead atoms. The SMILES string of the molecule is CCC[C@H](NC(=O)[C@@H]1C[C@]2(C=C(c3cccc(Cl)c3)NO2)CN1C(=O)[C@@H](NC(=O)OC1CCCOC1)C(C)(C)C)C(=O)C(=O)NC1CC1. The lowest BCUT2D eigenvalue weighted by Gasteiger charge is -2.35. The number of hydrogen-bond donors (Lipinski definition) is 4. The maximum atomic E-state index is 14.5. The lowest BCUT2D eigenvalue weighted by atomic mass is 9.85. The van der Waals surface area contributed by atoms with Gasteiger partial charge in [-0.3, -0.25) is 29.5 Å². The van der Waals surface area contributed by atoms with E-state index in [1.165, 1.54) is 4.90 Å². The van der Waals surface area contributed by atoms with Gasteiger partial charge in [-0.05, 0) is 55.7 Å². The van der Waals surface area contributed by atoms with E-state index in [0.717, 1.165) is 24.8 Å². The monoisotopic (exact) mass is 687 g/mol. The van der Waals surface area contributed by atoms with Crippen LogP contribution >= 0.6 is 11.6 Å². The molecule has 262 valence electrons. The number of alkyl carbamates (subject to hydrolysis) is 1. The lowest BCUT2D eigenvalue weighted by Crippen LogP contribution is -2.59. The highest BCUT2D eigenvalue weighted by Crippen LogP contribution is 2.39. The van der Waals surface area contributed by atoms with Crippen LogP contribution in [-0.4, -0.2) is 90.1 Å². The number of amides is 4. The summed E-state index contributed by atoms with van der Waals surface area (Å²) in [7, 11) is 0. The molecule has 1 aromatic carbocycles. The van der Waals surface area contributed by atoms with Crippen LogP contribution in [-0.2, 0) is 33.5 Å². The van der Waals surface area contributed by atoms with Crippen molar-refractivity contribution in [3.8, 4) is 0 Å². The van der Waals surface area contributed by atoms with E-state index in [1.807, 2.05) is 19.1 Å². The van der Waals surface area contributed by atoms with Crippen LogP contribution in [0.1, 0.15) is 78.2 Å². The number of hydroxylamine groups is 1. The summed E-state index contributed by atoms with van der Waals surface area (Å²) in [5, 5.41) is 8.73. The Morgan fingerprint density at radius 2 is 1.92 bits per heavy atom. The standard InChI is InChI=1S/C34H46ClN5O8/c1-5-8-24(27(41)30(43)36-22-12-13-22)37-29(42)26-17-34(16-25(39-48-34)20-9-6-10-21(35)15-20)19-40(26)31(44)28(33(2,3)4)38-32(45)47-23-11-7-14-46-18-23/h6,9-10,15-16,22-24,26,28,39H,5,7-8,11-14,17-19H2,1-4H3,(H,36,43)(H,37,42)(H,38,45)/t23?,24-,26-,28+,34+/m0/s1. The van der Waals surface area contributed by atoms with Crippen LogP contribution in [0, 0.1) is 5.41 Å². The molecule has 1 spiro atoms. The second-order valence-corrected chi connectivity index (χ2v) is 14.6. The van der Waals surface area contributed by atoms with Gasteiger partial charge in [0.25, 0.3) is 5.91 Å². The Morgan fingerprint density at radius 1 is 1.15 bits per heavy atom. The molecule has 14 heteroatoms. The third-order valence-electron chi connectivity index (χ3n) is 8.96. The van der Waals surface area contributed by atoms with Crippen molar-refractivity contribution in [2.75, 3.05) is 19.8 Å². The van der Waals surface area contributed by atoms with E-state index in [-0.39, 0.29) is 32.0 Å².